The second kappa shape index (κ2) is 7.42. The smallest absolute Gasteiger partial charge is 0.226 e. The Hall–Kier alpha value is -1.85. The number of nitrogens with two attached hydrogens (primary N) is 1. The zero-order valence-corrected chi connectivity index (χ0v) is 13.0. The predicted octanol–water partition coefficient (Wildman–Crippen LogP) is 2.16. The molecule has 0 saturated heterocycles. The third-order valence-corrected chi connectivity index (χ3v) is 3.68. The van der Waals surface area contributed by atoms with Crippen molar-refractivity contribution >= 4 is 18.3 Å². The molecule has 3 N–H and O–H groups in total. The van der Waals surface area contributed by atoms with E-state index in [0.29, 0.717) is 24.0 Å². The highest BCUT2D eigenvalue weighted by atomic mass is 35.5. The quantitative estimate of drug-likeness (QED) is 0.854. The van der Waals surface area contributed by atoms with Crippen LogP contribution in [-0.2, 0) is 11.2 Å². The van der Waals surface area contributed by atoms with Gasteiger partial charge in [0.15, 0.2) is 0 Å². The van der Waals surface area contributed by atoms with Gasteiger partial charge in [-0.05, 0) is 30.9 Å². The fourth-order valence-corrected chi connectivity index (χ4v) is 2.25. The Morgan fingerprint density at radius 1 is 1.36 bits per heavy atom. The van der Waals surface area contributed by atoms with Crippen molar-refractivity contribution in [3.8, 4) is 11.5 Å². The Labute approximate surface area is 135 Å². The number of halogens is 1. The minimum absolute atomic E-state index is 0. The van der Waals surface area contributed by atoms with E-state index in [9.17, 15) is 4.79 Å². The van der Waals surface area contributed by atoms with E-state index in [4.69, 9.17) is 10.2 Å². The van der Waals surface area contributed by atoms with Crippen LogP contribution < -0.4 is 11.1 Å². The van der Waals surface area contributed by atoms with Gasteiger partial charge < -0.3 is 15.5 Å². The number of hydrogen-bond donors (Lipinski definition) is 2. The fraction of sp³-hybridized carbons (Fsp3) is 0.375. The largest absolute Gasteiger partial charge is 0.444 e. The number of carbonyl (C=O) groups is 1. The zero-order chi connectivity index (χ0) is 14.7. The molecule has 3 rings (SSSR count). The molecule has 1 unspecified atom stereocenters. The lowest BCUT2D eigenvalue weighted by molar-refractivity contribution is -0.120. The van der Waals surface area contributed by atoms with Crippen molar-refractivity contribution in [2.45, 2.75) is 25.3 Å². The predicted molar refractivity (Wildman–Crippen MR) is 86.6 cm³/mol. The van der Waals surface area contributed by atoms with Crippen LogP contribution in [-0.4, -0.2) is 23.5 Å². The topological polar surface area (TPSA) is 81.1 Å². The van der Waals surface area contributed by atoms with E-state index < -0.39 is 0 Å². The maximum atomic E-state index is 11.9. The average molecular weight is 322 g/mol. The molecule has 1 aromatic carbocycles. The van der Waals surface area contributed by atoms with Crippen molar-refractivity contribution in [2.75, 3.05) is 6.54 Å². The number of rotatable bonds is 6. The minimum atomic E-state index is -0.0704. The van der Waals surface area contributed by atoms with Crippen LogP contribution in [0.4, 0.5) is 0 Å². The van der Waals surface area contributed by atoms with E-state index in [0.717, 1.165) is 5.56 Å². The molecule has 1 aliphatic rings. The first kappa shape index (κ1) is 16.5. The van der Waals surface area contributed by atoms with Crippen LogP contribution in [0, 0.1) is 5.92 Å². The molecule has 1 saturated carbocycles. The van der Waals surface area contributed by atoms with Gasteiger partial charge in [0.25, 0.3) is 0 Å². The summed E-state index contributed by atoms with van der Waals surface area (Å²) in [5, 5.41) is 2.86. The molecule has 0 bridgehead atoms. The molecule has 1 aliphatic carbocycles. The maximum Gasteiger partial charge on any atom is 0.226 e. The van der Waals surface area contributed by atoms with Crippen LogP contribution in [0.1, 0.15) is 18.5 Å². The third kappa shape index (κ3) is 4.32. The highest BCUT2D eigenvalue weighted by Crippen LogP contribution is 2.31. The summed E-state index contributed by atoms with van der Waals surface area (Å²) in [6, 6.07) is 9.70. The summed E-state index contributed by atoms with van der Waals surface area (Å²) < 4.78 is 5.41. The Bertz CT molecular complexity index is 611. The summed E-state index contributed by atoms with van der Waals surface area (Å²) in [5.74, 6) is 1.05. The molecule has 1 atom stereocenters. The van der Waals surface area contributed by atoms with E-state index in [1.54, 1.807) is 0 Å². The molecule has 6 heteroatoms. The number of aromatic nitrogens is 1. The summed E-state index contributed by atoms with van der Waals surface area (Å²) in [7, 11) is 0. The first-order chi connectivity index (χ1) is 10.2. The van der Waals surface area contributed by atoms with Crippen LogP contribution in [0.2, 0.25) is 0 Å². The van der Waals surface area contributed by atoms with Gasteiger partial charge in [0, 0.05) is 18.2 Å². The number of oxazole rings is 1. The molecule has 0 spiro atoms. The molecule has 118 valence electrons. The lowest BCUT2D eigenvalue weighted by atomic mass is 10.2. The van der Waals surface area contributed by atoms with Crippen LogP contribution in [0.5, 0.6) is 0 Å². The van der Waals surface area contributed by atoms with E-state index in [-0.39, 0.29) is 30.8 Å². The van der Waals surface area contributed by atoms with Gasteiger partial charge in [-0.25, -0.2) is 4.98 Å². The van der Waals surface area contributed by atoms with Crippen LogP contribution >= 0.6 is 12.4 Å². The maximum absolute atomic E-state index is 11.9. The molecule has 0 aliphatic heterocycles. The van der Waals surface area contributed by atoms with E-state index in [2.05, 4.69) is 10.3 Å². The first-order valence-corrected chi connectivity index (χ1v) is 7.24. The van der Waals surface area contributed by atoms with Gasteiger partial charge in [0.2, 0.25) is 11.8 Å². The molecular weight excluding hydrogens is 302 g/mol. The number of hydrogen-bond acceptors (Lipinski definition) is 4. The van der Waals surface area contributed by atoms with Crippen molar-refractivity contribution in [2.24, 2.45) is 11.7 Å². The molecule has 22 heavy (non-hydrogen) atoms. The van der Waals surface area contributed by atoms with Gasteiger partial charge in [0.05, 0.1) is 12.1 Å². The number of nitrogens with zero attached hydrogens (tertiary/aromatic N) is 1. The Morgan fingerprint density at radius 3 is 2.77 bits per heavy atom. The second-order valence-corrected chi connectivity index (χ2v) is 5.49. The molecule has 1 heterocycles. The normalized spacial score (nSPS) is 15.0. The van der Waals surface area contributed by atoms with E-state index in [1.807, 2.05) is 30.3 Å². The molecule has 2 aromatic rings. The minimum Gasteiger partial charge on any atom is -0.444 e. The number of benzene rings is 1. The van der Waals surface area contributed by atoms with Gasteiger partial charge in [-0.2, -0.15) is 0 Å². The molecule has 1 aromatic heterocycles. The van der Waals surface area contributed by atoms with Gasteiger partial charge >= 0.3 is 0 Å². The SMILES string of the molecule is Cl.NC(CNC(=O)Cc1coc(-c2ccccc2)n1)C1CC1. The Morgan fingerprint density at radius 2 is 2.09 bits per heavy atom. The second-order valence-electron chi connectivity index (χ2n) is 5.49. The summed E-state index contributed by atoms with van der Waals surface area (Å²) in [5.41, 5.74) is 7.49. The molecular formula is C16H20ClN3O2. The Kier molecular flexibility index (Phi) is 5.57. The average Bonchev–Trinajstić information content (AvgIpc) is 3.26. The zero-order valence-electron chi connectivity index (χ0n) is 12.2. The lowest BCUT2D eigenvalue weighted by Gasteiger charge is -2.10. The van der Waals surface area contributed by atoms with Crippen LogP contribution in [0.25, 0.3) is 11.5 Å². The van der Waals surface area contributed by atoms with Crippen molar-refractivity contribution < 1.29 is 9.21 Å². The number of nitrogens with one attached hydrogen (secondary N) is 1. The summed E-state index contributed by atoms with van der Waals surface area (Å²) in [6.07, 6.45) is 4.11. The van der Waals surface area contributed by atoms with E-state index in [1.165, 1.54) is 19.1 Å². The Balaban J connectivity index is 0.00000176. The standard InChI is InChI=1S/C16H19N3O2.ClH/c17-14(11-6-7-11)9-18-15(20)8-13-10-21-16(19-13)12-4-2-1-3-5-12;/h1-5,10-11,14H,6-9,17H2,(H,18,20);1H. The van der Waals surface area contributed by atoms with Gasteiger partial charge in [0.1, 0.15) is 6.26 Å². The van der Waals surface area contributed by atoms with Crippen molar-refractivity contribution in [1.29, 1.82) is 0 Å². The van der Waals surface area contributed by atoms with Gasteiger partial charge in [-0.1, -0.05) is 18.2 Å². The summed E-state index contributed by atoms with van der Waals surface area (Å²) >= 11 is 0. The van der Waals surface area contributed by atoms with Gasteiger partial charge in [-0.15, -0.1) is 12.4 Å². The monoisotopic (exact) mass is 321 g/mol. The molecule has 0 radical (unpaired) electrons. The number of carbonyl (C=O) groups excluding carboxylic acids is 1. The molecule has 1 amide bonds. The van der Waals surface area contributed by atoms with Crippen LogP contribution in [0.15, 0.2) is 41.0 Å². The summed E-state index contributed by atoms with van der Waals surface area (Å²) in [4.78, 5) is 16.2. The number of amides is 1. The highest BCUT2D eigenvalue weighted by Gasteiger charge is 2.28. The van der Waals surface area contributed by atoms with Crippen LogP contribution in [0.3, 0.4) is 0 Å². The van der Waals surface area contributed by atoms with E-state index >= 15 is 0 Å². The van der Waals surface area contributed by atoms with Crippen molar-refractivity contribution in [1.82, 2.24) is 10.3 Å². The highest BCUT2D eigenvalue weighted by molar-refractivity contribution is 5.85. The fourth-order valence-electron chi connectivity index (χ4n) is 2.25. The molecule has 5 nitrogen and oxygen atoms in total. The van der Waals surface area contributed by atoms with Crippen molar-refractivity contribution in [3.05, 3.63) is 42.3 Å². The lowest BCUT2D eigenvalue weighted by Crippen LogP contribution is -2.39. The first-order valence-electron chi connectivity index (χ1n) is 7.24. The third-order valence-electron chi connectivity index (χ3n) is 3.68. The van der Waals surface area contributed by atoms with Gasteiger partial charge in [-0.3, -0.25) is 4.79 Å². The molecule has 1 fully saturated rings. The van der Waals surface area contributed by atoms with Crippen molar-refractivity contribution in [3.63, 3.8) is 0 Å². The summed E-state index contributed by atoms with van der Waals surface area (Å²) in [6.45, 7) is 0.535.